The zero-order chi connectivity index (χ0) is 22.5. The van der Waals surface area contributed by atoms with Crippen molar-refractivity contribution >= 4 is 29.2 Å². The smallest absolute Gasteiger partial charge is 0.315 e. The van der Waals surface area contributed by atoms with Crippen LogP contribution in [0.2, 0.25) is 5.02 Å². The molecule has 1 aromatic heterocycles. The first-order chi connectivity index (χ1) is 13.8. The predicted molar refractivity (Wildman–Crippen MR) is 103 cm³/mol. The molecular formula is C19H17ClF4N4O2. The molecule has 0 fully saturated rings. The van der Waals surface area contributed by atoms with Crippen molar-refractivity contribution in [2.75, 3.05) is 5.32 Å². The third kappa shape index (κ3) is 3.45. The Balaban J connectivity index is 2.03. The summed E-state index contributed by atoms with van der Waals surface area (Å²) >= 11 is 5.60. The number of nitrogens with two attached hydrogens (primary N) is 1. The minimum absolute atomic E-state index is 0.0131. The Kier molecular flexibility index (Phi) is 5.18. The van der Waals surface area contributed by atoms with Crippen LogP contribution in [0.5, 0.6) is 0 Å². The highest BCUT2D eigenvalue weighted by Gasteiger charge is 2.66. The summed E-state index contributed by atoms with van der Waals surface area (Å²) < 4.78 is 63.9. The van der Waals surface area contributed by atoms with E-state index in [0.717, 1.165) is 51.2 Å². The number of rotatable bonds is 3. The lowest BCUT2D eigenvalue weighted by molar-refractivity contribution is -0.207. The van der Waals surface area contributed by atoms with Crippen LogP contribution in [0.15, 0.2) is 35.5 Å². The molecule has 0 saturated carbocycles. The normalized spacial score (nSPS) is 22.1. The van der Waals surface area contributed by atoms with Crippen LogP contribution in [-0.2, 0) is 10.3 Å². The summed E-state index contributed by atoms with van der Waals surface area (Å²) in [5.74, 6) is -6.64. The van der Waals surface area contributed by atoms with Gasteiger partial charge in [-0.1, -0.05) is 11.6 Å². The fourth-order valence-electron chi connectivity index (χ4n) is 3.20. The highest BCUT2D eigenvalue weighted by atomic mass is 35.5. The molecule has 2 heterocycles. The van der Waals surface area contributed by atoms with Gasteiger partial charge in [0.15, 0.2) is 22.7 Å². The van der Waals surface area contributed by atoms with Crippen molar-refractivity contribution in [2.24, 2.45) is 10.7 Å². The minimum Gasteiger partial charge on any atom is -0.453 e. The monoisotopic (exact) mass is 444 g/mol. The second-order valence-corrected chi connectivity index (χ2v) is 7.78. The summed E-state index contributed by atoms with van der Waals surface area (Å²) in [6, 6.07) is 3.35. The zero-order valence-corrected chi connectivity index (χ0v) is 16.8. The molecule has 0 saturated heterocycles. The van der Waals surface area contributed by atoms with Crippen molar-refractivity contribution in [3.8, 4) is 0 Å². The van der Waals surface area contributed by atoms with Crippen molar-refractivity contribution in [1.29, 1.82) is 0 Å². The third-order valence-electron chi connectivity index (χ3n) is 4.83. The van der Waals surface area contributed by atoms with Gasteiger partial charge in [0.25, 0.3) is 11.9 Å². The first-order valence-electron chi connectivity index (χ1n) is 8.63. The first-order valence-corrected chi connectivity index (χ1v) is 9.01. The maximum Gasteiger partial charge on any atom is 0.315 e. The summed E-state index contributed by atoms with van der Waals surface area (Å²) in [6.45, 7) is 3.21. The largest absolute Gasteiger partial charge is 0.453 e. The van der Waals surface area contributed by atoms with E-state index in [1.54, 1.807) is 0 Å². The lowest BCUT2D eigenvalue weighted by atomic mass is 9.77. The number of anilines is 1. The van der Waals surface area contributed by atoms with E-state index in [2.05, 4.69) is 15.3 Å². The molecule has 1 aromatic carbocycles. The number of nitrogens with zero attached hydrogens (tertiary/aromatic N) is 2. The van der Waals surface area contributed by atoms with Gasteiger partial charge in [-0.15, -0.1) is 0 Å². The standard InChI is InChI=1S/C19H17ClF4N4O2/c1-17(2)19(23,24)18(3,28-16(25)30-17)11-7-10(4-5-12(11)21)27-15(29)14-13(22)6-9(20)8-26-14/h4-8H,1-3H3,(H2,25,28)(H,27,29)/t18-/m1/s1. The summed E-state index contributed by atoms with van der Waals surface area (Å²) in [6.07, 6.45) is 1.07. The number of pyridine rings is 1. The molecule has 0 radical (unpaired) electrons. The molecule has 1 aliphatic heterocycles. The van der Waals surface area contributed by atoms with Crippen LogP contribution in [-0.4, -0.2) is 28.4 Å². The van der Waals surface area contributed by atoms with Crippen LogP contribution in [0.4, 0.5) is 23.2 Å². The van der Waals surface area contributed by atoms with Gasteiger partial charge in [-0.3, -0.25) is 4.79 Å². The average molecular weight is 445 g/mol. The number of hydrogen-bond acceptors (Lipinski definition) is 5. The zero-order valence-electron chi connectivity index (χ0n) is 16.1. The highest BCUT2D eigenvalue weighted by molar-refractivity contribution is 6.30. The molecule has 2 aromatic rings. The van der Waals surface area contributed by atoms with E-state index in [1.165, 1.54) is 0 Å². The Labute approximate surface area is 174 Å². The van der Waals surface area contributed by atoms with Crippen LogP contribution in [0, 0.1) is 11.6 Å². The number of amides is 1. The molecule has 160 valence electrons. The first kappa shape index (κ1) is 21.8. The Morgan fingerprint density at radius 1 is 1.17 bits per heavy atom. The van der Waals surface area contributed by atoms with Gasteiger partial charge in [0.1, 0.15) is 5.82 Å². The van der Waals surface area contributed by atoms with Crippen molar-refractivity contribution in [2.45, 2.75) is 37.8 Å². The molecule has 11 heteroatoms. The van der Waals surface area contributed by atoms with Crippen molar-refractivity contribution in [3.05, 3.63) is 58.4 Å². The summed E-state index contributed by atoms with van der Waals surface area (Å²) in [4.78, 5) is 19.6. The van der Waals surface area contributed by atoms with Gasteiger partial charge in [0, 0.05) is 17.4 Å². The second-order valence-electron chi connectivity index (χ2n) is 7.34. The maximum atomic E-state index is 15.2. The lowest BCUT2D eigenvalue weighted by Gasteiger charge is -2.46. The summed E-state index contributed by atoms with van der Waals surface area (Å²) in [7, 11) is 0. The molecule has 0 unspecified atom stereocenters. The van der Waals surface area contributed by atoms with E-state index in [9.17, 15) is 13.6 Å². The van der Waals surface area contributed by atoms with Crippen LogP contribution < -0.4 is 11.1 Å². The van der Waals surface area contributed by atoms with Gasteiger partial charge in [0.2, 0.25) is 0 Å². The SMILES string of the molecule is CC1(C)OC(N)=N[C@](C)(c2cc(NC(=O)c3ncc(Cl)cc3F)ccc2F)C1(F)F. The van der Waals surface area contributed by atoms with Crippen LogP contribution >= 0.6 is 11.6 Å². The topological polar surface area (TPSA) is 89.6 Å². The molecule has 0 bridgehead atoms. The quantitative estimate of drug-likeness (QED) is 0.693. The number of carbonyl (C=O) groups is 1. The van der Waals surface area contributed by atoms with Crippen LogP contribution in [0.25, 0.3) is 0 Å². The minimum atomic E-state index is -3.68. The van der Waals surface area contributed by atoms with Crippen LogP contribution in [0.3, 0.4) is 0 Å². The molecular weight excluding hydrogens is 428 g/mol. The molecule has 0 spiro atoms. The number of hydrogen-bond donors (Lipinski definition) is 2. The van der Waals surface area contributed by atoms with E-state index in [1.807, 2.05) is 0 Å². The van der Waals surface area contributed by atoms with Gasteiger partial charge < -0.3 is 15.8 Å². The Morgan fingerprint density at radius 3 is 2.47 bits per heavy atom. The van der Waals surface area contributed by atoms with E-state index in [0.29, 0.717) is 0 Å². The van der Waals surface area contributed by atoms with Gasteiger partial charge in [-0.05, 0) is 45.0 Å². The number of aromatic nitrogens is 1. The highest BCUT2D eigenvalue weighted by Crippen LogP contribution is 2.51. The molecule has 1 aliphatic rings. The Bertz CT molecular complexity index is 1060. The molecule has 1 amide bonds. The van der Waals surface area contributed by atoms with Gasteiger partial charge in [-0.25, -0.2) is 18.8 Å². The van der Waals surface area contributed by atoms with E-state index < -0.39 is 51.9 Å². The van der Waals surface area contributed by atoms with Gasteiger partial charge in [-0.2, -0.15) is 8.78 Å². The van der Waals surface area contributed by atoms with Crippen LogP contribution in [0.1, 0.15) is 36.8 Å². The van der Waals surface area contributed by atoms with Gasteiger partial charge >= 0.3 is 5.92 Å². The number of benzene rings is 1. The number of ether oxygens (including phenoxy) is 1. The Morgan fingerprint density at radius 2 is 1.83 bits per heavy atom. The second kappa shape index (κ2) is 7.12. The lowest BCUT2D eigenvalue weighted by Crippen LogP contribution is -2.62. The van der Waals surface area contributed by atoms with Crippen molar-refractivity contribution in [1.82, 2.24) is 4.98 Å². The van der Waals surface area contributed by atoms with E-state index >= 15 is 8.78 Å². The number of alkyl halides is 2. The number of carbonyl (C=O) groups excluding carboxylic acids is 1. The maximum absolute atomic E-state index is 15.2. The average Bonchev–Trinajstić information content (AvgIpc) is 2.61. The summed E-state index contributed by atoms with van der Waals surface area (Å²) in [5.41, 5.74) is -0.152. The molecule has 3 rings (SSSR count). The third-order valence-corrected chi connectivity index (χ3v) is 5.04. The number of halogens is 5. The van der Waals surface area contributed by atoms with E-state index in [4.69, 9.17) is 22.1 Å². The van der Waals surface area contributed by atoms with Gasteiger partial charge in [0.05, 0.1) is 5.02 Å². The molecule has 0 aliphatic carbocycles. The fraction of sp³-hybridized carbons (Fsp3) is 0.316. The number of nitrogens with one attached hydrogen (secondary N) is 1. The van der Waals surface area contributed by atoms with E-state index in [-0.39, 0.29) is 10.7 Å². The molecule has 3 N–H and O–H groups in total. The van der Waals surface area contributed by atoms with Crippen molar-refractivity contribution in [3.63, 3.8) is 0 Å². The molecule has 1 atom stereocenters. The van der Waals surface area contributed by atoms with Crippen molar-refractivity contribution < 1.29 is 27.1 Å². The molecule has 30 heavy (non-hydrogen) atoms. The fourth-order valence-corrected chi connectivity index (χ4v) is 3.35. The molecule has 6 nitrogen and oxygen atoms in total. The summed E-state index contributed by atoms with van der Waals surface area (Å²) in [5, 5.41) is 2.28. The Hall–Kier alpha value is -2.88. The predicted octanol–water partition coefficient (Wildman–Crippen LogP) is 4.24. The number of amidine groups is 1. The number of aliphatic imine (C=N–C) groups is 1.